The highest BCUT2D eigenvalue weighted by atomic mass is 16.5. The van der Waals surface area contributed by atoms with E-state index in [9.17, 15) is 39.6 Å². The standard InChI is InChI=1S/C39H43N7O11/c1-43(2)22-10-11-23-27(16-22)57-39-34(35(40)36(41)38(37(39)42)44(3)4)33(23)21-9-12-25(46(19-31(51)52)20-32(53)54)28(15-21)56-14-13-55-26-8-6-5-7-24(26)45(17-29(47)48)18-30(49)50/h5-12,15-16,40H,13-14,17-20,41-42H2,1-4H3,(H4,47,48,49,50,51,52,53,54). The molecule has 0 atom stereocenters. The molecule has 300 valence electrons. The maximum Gasteiger partial charge on any atom is 0.323 e. The number of rotatable bonds is 17. The Bertz CT molecular complexity index is 2370. The highest BCUT2D eigenvalue weighted by Crippen LogP contribution is 2.48. The Hall–Kier alpha value is -7.37. The van der Waals surface area contributed by atoms with Gasteiger partial charge in [0.2, 0.25) is 0 Å². The van der Waals surface area contributed by atoms with E-state index >= 15 is 0 Å². The number of carbonyl (C=O) groups is 4. The third-order valence-corrected chi connectivity index (χ3v) is 8.89. The molecule has 18 nitrogen and oxygen atoms in total. The van der Waals surface area contributed by atoms with Gasteiger partial charge in [-0.2, -0.15) is 0 Å². The van der Waals surface area contributed by atoms with Crippen LogP contribution in [0.25, 0.3) is 33.4 Å². The molecule has 5 rings (SSSR count). The summed E-state index contributed by atoms with van der Waals surface area (Å²) < 4.78 is 20.3. The lowest BCUT2D eigenvalue weighted by atomic mass is 9.90. The Morgan fingerprint density at radius 3 is 1.88 bits per heavy atom. The summed E-state index contributed by atoms with van der Waals surface area (Å²) in [6.45, 7) is -3.07. The molecular formula is C39H43N7O11. The van der Waals surface area contributed by atoms with Gasteiger partial charge in [0.25, 0.3) is 5.36 Å². The molecule has 0 amide bonds. The SMILES string of the molecule is CN(C)c1ccc2c(-c3ccc(N(CC(=O)O)CC(=O)O)c(OCCOc4ccccc4N(CC(=O)[O-])CC(=O)O)c3)c3c(N)c(N)c(=[N+](C)C)c(N)c-3oc2c1. The molecule has 0 saturated heterocycles. The van der Waals surface area contributed by atoms with Crippen molar-refractivity contribution in [3.8, 4) is 33.9 Å². The van der Waals surface area contributed by atoms with E-state index in [0.717, 1.165) is 15.5 Å². The first-order chi connectivity index (χ1) is 27.0. The molecule has 9 N–H and O–H groups in total. The normalized spacial score (nSPS) is 10.9. The van der Waals surface area contributed by atoms with Gasteiger partial charge < -0.3 is 71.0 Å². The van der Waals surface area contributed by atoms with Gasteiger partial charge in [-0.3, -0.25) is 14.4 Å². The van der Waals surface area contributed by atoms with Crippen molar-refractivity contribution >= 4 is 69.0 Å². The number of nitrogens with zero attached hydrogens (tertiary/aromatic N) is 4. The lowest BCUT2D eigenvalue weighted by Gasteiger charge is -2.26. The third-order valence-electron chi connectivity index (χ3n) is 8.89. The van der Waals surface area contributed by atoms with Gasteiger partial charge in [0.05, 0.1) is 35.1 Å². The molecule has 0 saturated carbocycles. The number of nitrogen functional groups attached to an aromatic ring is 3. The van der Waals surface area contributed by atoms with Gasteiger partial charge >= 0.3 is 17.9 Å². The van der Waals surface area contributed by atoms with Gasteiger partial charge in [0.15, 0.2) is 11.4 Å². The number of benzene rings is 4. The number of hydrogen-bond acceptors (Lipinski definition) is 14. The second-order valence-electron chi connectivity index (χ2n) is 13.4. The number of para-hydroxylation sites is 2. The zero-order valence-electron chi connectivity index (χ0n) is 31.6. The van der Waals surface area contributed by atoms with Crippen LogP contribution in [0.15, 0.2) is 65.1 Å². The van der Waals surface area contributed by atoms with E-state index < -0.39 is 50.1 Å². The molecule has 57 heavy (non-hydrogen) atoms. The lowest BCUT2D eigenvalue weighted by molar-refractivity contribution is -0.303. The predicted octanol–water partition coefficient (Wildman–Crippen LogP) is 1.12. The van der Waals surface area contributed by atoms with Gasteiger partial charge in [-0.05, 0) is 42.0 Å². The summed E-state index contributed by atoms with van der Waals surface area (Å²) in [5, 5.41) is 41.3. The van der Waals surface area contributed by atoms with E-state index in [0.29, 0.717) is 33.0 Å². The smallest absolute Gasteiger partial charge is 0.323 e. The number of carboxylic acids is 4. The second kappa shape index (κ2) is 17.0. The Morgan fingerprint density at radius 2 is 1.30 bits per heavy atom. The van der Waals surface area contributed by atoms with E-state index in [1.54, 1.807) is 42.9 Å². The molecule has 3 aromatic carbocycles. The van der Waals surface area contributed by atoms with Crippen LogP contribution in [0.5, 0.6) is 11.5 Å². The first kappa shape index (κ1) is 40.8. The van der Waals surface area contributed by atoms with E-state index in [1.807, 2.05) is 37.2 Å². The molecule has 0 aromatic heterocycles. The topological polar surface area (TPSA) is 274 Å². The molecule has 2 aliphatic rings. The van der Waals surface area contributed by atoms with Crippen LogP contribution in [0.3, 0.4) is 0 Å². The van der Waals surface area contributed by atoms with Gasteiger partial charge in [0, 0.05) is 36.8 Å². The van der Waals surface area contributed by atoms with Crippen molar-refractivity contribution in [1.29, 1.82) is 0 Å². The van der Waals surface area contributed by atoms with Crippen LogP contribution in [-0.4, -0.2) is 107 Å². The van der Waals surface area contributed by atoms with Crippen LogP contribution < -0.4 is 56.4 Å². The Morgan fingerprint density at radius 1 is 0.719 bits per heavy atom. The van der Waals surface area contributed by atoms with Crippen molar-refractivity contribution in [2.24, 2.45) is 0 Å². The summed E-state index contributed by atoms with van der Waals surface area (Å²) in [7, 11) is 7.29. The van der Waals surface area contributed by atoms with E-state index in [2.05, 4.69) is 0 Å². The summed E-state index contributed by atoms with van der Waals surface area (Å²) in [6, 6.07) is 16.6. The van der Waals surface area contributed by atoms with Crippen molar-refractivity contribution in [3.63, 3.8) is 0 Å². The molecule has 1 aliphatic carbocycles. The maximum atomic E-state index is 11.9. The molecule has 1 heterocycles. The summed E-state index contributed by atoms with van der Waals surface area (Å²) in [4.78, 5) is 50.8. The highest BCUT2D eigenvalue weighted by Gasteiger charge is 2.29. The van der Waals surface area contributed by atoms with Gasteiger partial charge in [-0.15, -0.1) is 0 Å². The minimum Gasteiger partial charge on any atom is -0.548 e. The summed E-state index contributed by atoms with van der Waals surface area (Å²) in [5.41, 5.74) is 23.8. The number of anilines is 6. The second-order valence-corrected chi connectivity index (χ2v) is 13.4. The Balaban J connectivity index is 1.66. The fraction of sp³-hybridized carbons (Fsp3) is 0.256. The fourth-order valence-electron chi connectivity index (χ4n) is 6.52. The number of nitrogens with two attached hydrogens (primary N) is 3. The first-order valence-corrected chi connectivity index (χ1v) is 17.4. The quantitative estimate of drug-likeness (QED) is 0.0334. The zero-order valence-corrected chi connectivity index (χ0v) is 31.6. The van der Waals surface area contributed by atoms with Crippen LogP contribution >= 0.6 is 0 Å². The monoisotopic (exact) mass is 785 g/mol. The highest BCUT2D eigenvalue weighted by molar-refractivity contribution is 6.09. The van der Waals surface area contributed by atoms with E-state index in [-0.39, 0.29) is 58.9 Å². The molecular weight excluding hydrogens is 742 g/mol. The molecule has 0 spiro atoms. The minimum absolute atomic E-state index is 0.0766. The van der Waals surface area contributed by atoms with Gasteiger partial charge in [0.1, 0.15) is 69.7 Å². The van der Waals surface area contributed by atoms with Crippen LogP contribution in [-0.2, 0) is 19.2 Å². The van der Waals surface area contributed by atoms with Crippen molar-refractivity contribution in [3.05, 3.63) is 66.0 Å². The zero-order chi connectivity index (χ0) is 41.7. The average Bonchev–Trinajstić information content (AvgIpc) is 3.13. The van der Waals surface area contributed by atoms with Crippen LogP contribution in [0, 0.1) is 0 Å². The minimum atomic E-state index is -1.50. The molecule has 18 heteroatoms. The van der Waals surface area contributed by atoms with Gasteiger partial charge in [-0.25, -0.2) is 4.58 Å². The van der Waals surface area contributed by atoms with Crippen LogP contribution in [0.1, 0.15) is 0 Å². The molecule has 0 radical (unpaired) electrons. The average molecular weight is 786 g/mol. The summed E-state index contributed by atoms with van der Waals surface area (Å²) in [5.74, 6) is -4.86. The van der Waals surface area contributed by atoms with Crippen molar-refractivity contribution in [2.75, 3.05) is 99.5 Å². The van der Waals surface area contributed by atoms with Crippen LogP contribution in [0.2, 0.25) is 0 Å². The number of fused-ring (bicyclic) bond motifs is 2. The Labute approximate surface area is 326 Å². The maximum absolute atomic E-state index is 11.9. The van der Waals surface area contributed by atoms with Crippen molar-refractivity contribution in [2.45, 2.75) is 0 Å². The van der Waals surface area contributed by atoms with E-state index in [1.165, 1.54) is 18.2 Å². The largest absolute Gasteiger partial charge is 0.548 e. The van der Waals surface area contributed by atoms with E-state index in [4.69, 9.17) is 31.1 Å². The number of hydrogen-bond donors (Lipinski definition) is 6. The first-order valence-electron chi connectivity index (χ1n) is 17.4. The molecule has 0 fully saturated rings. The molecule has 0 bridgehead atoms. The molecule has 1 aliphatic heterocycles. The summed E-state index contributed by atoms with van der Waals surface area (Å²) >= 11 is 0. The number of carboxylic acid groups (broad SMARTS) is 4. The molecule has 3 aromatic rings. The van der Waals surface area contributed by atoms with Crippen molar-refractivity contribution in [1.82, 2.24) is 4.58 Å². The number of aliphatic carboxylic acids is 4. The third kappa shape index (κ3) is 8.96. The predicted molar refractivity (Wildman–Crippen MR) is 213 cm³/mol. The van der Waals surface area contributed by atoms with Gasteiger partial charge in [-0.1, -0.05) is 18.2 Å². The number of ether oxygens (including phenoxy) is 2. The fourth-order valence-corrected chi connectivity index (χ4v) is 6.52. The van der Waals surface area contributed by atoms with Crippen LogP contribution in [0.4, 0.5) is 34.1 Å². The lowest BCUT2D eigenvalue weighted by Crippen LogP contribution is -2.41. The Kier molecular flexibility index (Phi) is 12.1. The van der Waals surface area contributed by atoms with Crippen molar-refractivity contribution < 1.29 is 53.5 Å². The number of carbonyl (C=O) groups excluding carboxylic acids is 1. The summed E-state index contributed by atoms with van der Waals surface area (Å²) in [6.07, 6.45) is 0. The molecule has 0 unspecified atom stereocenters.